The number of rotatable bonds is 5. The molecule has 0 saturated carbocycles. The second-order valence-electron chi connectivity index (χ2n) is 6.89. The van der Waals surface area contributed by atoms with Crippen molar-refractivity contribution in [1.29, 1.82) is 0 Å². The summed E-state index contributed by atoms with van der Waals surface area (Å²) in [6.45, 7) is 4.49. The molecule has 1 N–H and O–H groups in total. The summed E-state index contributed by atoms with van der Waals surface area (Å²) in [7, 11) is 0. The highest BCUT2D eigenvalue weighted by atomic mass is 16.2. The SMILES string of the molecule is CC(=O)N1CCC[C@H](NC(=O)Cn2ccnc2C)[C@@H]1Cc1ccccc1. The Kier molecular flexibility index (Phi) is 5.71. The lowest BCUT2D eigenvalue weighted by molar-refractivity contribution is -0.135. The van der Waals surface area contributed by atoms with Gasteiger partial charge in [0.05, 0.1) is 6.04 Å². The van der Waals surface area contributed by atoms with Gasteiger partial charge in [-0.15, -0.1) is 0 Å². The molecule has 0 bridgehead atoms. The van der Waals surface area contributed by atoms with Crippen LogP contribution in [0.25, 0.3) is 0 Å². The Bertz CT molecular complexity index is 756. The molecule has 2 aromatic rings. The predicted molar refractivity (Wildman–Crippen MR) is 99.4 cm³/mol. The van der Waals surface area contributed by atoms with E-state index in [1.54, 1.807) is 19.3 Å². The monoisotopic (exact) mass is 354 g/mol. The van der Waals surface area contributed by atoms with Crippen molar-refractivity contribution in [2.24, 2.45) is 0 Å². The molecule has 2 amide bonds. The van der Waals surface area contributed by atoms with Crippen molar-refractivity contribution in [3.8, 4) is 0 Å². The topological polar surface area (TPSA) is 67.2 Å². The lowest BCUT2D eigenvalue weighted by Gasteiger charge is -2.41. The number of aryl methyl sites for hydroxylation is 1. The summed E-state index contributed by atoms with van der Waals surface area (Å²) in [6.07, 6.45) is 6.03. The van der Waals surface area contributed by atoms with Crippen molar-refractivity contribution < 1.29 is 9.59 Å². The van der Waals surface area contributed by atoms with Crippen LogP contribution in [-0.2, 0) is 22.6 Å². The minimum Gasteiger partial charge on any atom is -0.350 e. The average molecular weight is 354 g/mol. The van der Waals surface area contributed by atoms with Gasteiger partial charge in [-0.3, -0.25) is 9.59 Å². The first-order valence-corrected chi connectivity index (χ1v) is 9.13. The number of hydrogen-bond donors (Lipinski definition) is 1. The number of hydrogen-bond acceptors (Lipinski definition) is 3. The number of aromatic nitrogens is 2. The van der Waals surface area contributed by atoms with Gasteiger partial charge in [0, 0.05) is 31.9 Å². The van der Waals surface area contributed by atoms with Crippen LogP contribution in [0.15, 0.2) is 42.7 Å². The lowest BCUT2D eigenvalue weighted by Crippen LogP contribution is -2.57. The maximum Gasteiger partial charge on any atom is 0.240 e. The van der Waals surface area contributed by atoms with Crippen LogP contribution in [0.2, 0.25) is 0 Å². The molecule has 0 radical (unpaired) electrons. The maximum atomic E-state index is 12.5. The molecule has 138 valence electrons. The second kappa shape index (κ2) is 8.17. The van der Waals surface area contributed by atoms with Gasteiger partial charge in [0.2, 0.25) is 11.8 Å². The summed E-state index contributed by atoms with van der Waals surface area (Å²) in [4.78, 5) is 30.7. The smallest absolute Gasteiger partial charge is 0.240 e. The highest BCUT2D eigenvalue weighted by molar-refractivity contribution is 5.77. The number of carbonyl (C=O) groups excluding carboxylic acids is 2. The number of nitrogens with zero attached hydrogens (tertiary/aromatic N) is 3. The van der Waals surface area contributed by atoms with Crippen LogP contribution >= 0.6 is 0 Å². The van der Waals surface area contributed by atoms with Crippen LogP contribution in [0.5, 0.6) is 0 Å². The second-order valence-corrected chi connectivity index (χ2v) is 6.89. The van der Waals surface area contributed by atoms with Gasteiger partial charge in [-0.25, -0.2) is 4.98 Å². The molecule has 26 heavy (non-hydrogen) atoms. The van der Waals surface area contributed by atoms with E-state index < -0.39 is 0 Å². The van der Waals surface area contributed by atoms with E-state index in [-0.39, 0.29) is 30.4 Å². The molecular weight excluding hydrogens is 328 g/mol. The number of nitrogens with one attached hydrogen (secondary N) is 1. The highest BCUT2D eigenvalue weighted by Crippen LogP contribution is 2.22. The third kappa shape index (κ3) is 4.31. The molecule has 6 nitrogen and oxygen atoms in total. The van der Waals surface area contributed by atoms with Crippen molar-refractivity contribution >= 4 is 11.8 Å². The molecule has 6 heteroatoms. The highest BCUT2D eigenvalue weighted by Gasteiger charge is 2.33. The summed E-state index contributed by atoms with van der Waals surface area (Å²) in [6, 6.07) is 10.1. The Morgan fingerprint density at radius 3 is 2.69 bits per heavy atom. The molecule has 2 atom stereocenters. The molecule has 0 unspecified atom stereocenters. The van der Waals surface area contributed by atoms with E-state index in [9.17, 15) is 9.59 Å². The van der Waals surface area contributed by atoms with Crippen LogP contribution in [0.4, 0.5) is 0 Å². The summed E-state index contributed by atoms with van der Waals surface area (Å²) < 4.78 is 1.83. The Balaban J connectivity index is 1.72. The minimum absolute atomic E-state index is 0.0171. The van der Waals surface area contributed by atoms with Crippen molar-refractivity contribution in [2.45, 2.75) is 51.7 Å². The van der Waals surface area contributed by atoms with Gasteiger partial charge in [-0.05, 0) is 31.7 Å². The third-order valence-corrected chi connectivity index (χ3v) is 5.06. The van der Waals surface area contributed by atoms with Crippen molar-refractivity contribution in [3.05, 3.63) is 54.1 Å². The fraction of sp³-hybridized carbons (Fsp3) is 0.450. The zero-order chi connectivity index (χ0) is 18.5. The largest absolute Gasteiger partial charge is 0.350 e. The quantitative estimate of drug-likeness (QED) is 0.892. The van der Waals surface area contributed by atoms with Crippen molar-refractivity contribution in [1.82, 2.24) is 19.8 Å². The molecule has 1 aliphatic rings. The number of imidazole rings is 1. The normalized spacial score (nSPS) is 20.0. The fourth-order valence-electron chi connectivity index (χ4n) is 3.70. The van der Waals surface area contributed by atoms with E-state index in [1.165, 1.54) is 5.56 Å². The molecule has 1 saturated heterocycles. The molecule has 3 rings (SSSR count). The molecule has 1 aromatic heterocycles. The number of benzene rings is 1. The Hall–Kier alpha value is -2.63. The van der Waals surface area contributed by atoms with E-state index in [1.807, 2.05) is 34.6 Å². The molecule has 2 heterocycles. The number of piperidine rings is 1. The van der Waals surface area contributed by atoms with Gasteiger partial charge >= 0.3 is 0 Å². The number of amides is 2. The number of carbonyl (C=O) groups is 2. The molecule has 0 spiro atoms. The van der Waals surface area contributed by atoms with Gasteiger partial charge < -0.3 is 14.8 Å². The zero-order valence-electron chi connectivity index (χ0n) is 15.4. The van der Waals surface area contributed by atoms with Gasteiger partial charge in [0.1, 0.15) is 12.4 Å². The fourth-order valence-corrected chi connectivity index (χ4v) is 3.70. The molecular formula is C20H26N4O2. The molecule has 1 aliphatic heterocycles. The number of likely N-dealkylation sites (tertiary alicyclic amines) is 1. The van der Waals surface area contributed by atoms with Gasteiger partial charge in [0.25, 0.3) is 0 Å². The van der Waals surface area contributed by atoms with Crippen LogP contribution < -0.4 is 5.32 Å². The van der Waals surface area contributed by atoms with E-state index in [0.29, 0.717) is 0 Å². The summed E-state index contributed by atoms with van der Waals surface area (Å²) in [5.74, 6) is 0.838. The molecule has 0 aliphatic carbocycles. The van der Waals surface area contributed by atoms with E-state index >= 15 is 0 Å². The Morgan fingerprint density at radius 2 is 2.04 bits per heavy atom. The van der Waals surface area contributed by atoms with Crippen LogP contribution in [0.3, 0.4) is 0 Å². The first kappa shape index (κ1) is 18.2. The van der Waals surface area contributed by atoms with Crippen molar-refractivity contribution in [2.75, 3.05) is 6.54 Å². The summed E-state index contributed by atoms with van der Waals surface area (Å²) in [5, 5.41) is 3.16. The standard InChI is InChI=1S/C20H26N4O2/c1-15-21-10-12-23(15)14-20(26)22-18-9-6-11-24(16(2)25)19(18)13-17-7-4-3-5-8-17/h3-5,7-8,10,12,18-19H,6,9,11,13-14H2,1-2H3,(H,22,26)/t18-,19-/m0/s1. The minimum atomic E-state index is -0.0421. The summed E-state index contributed by atoms with van der Waals surface area (Å²) >= 11 is 0. The first-order chi connectivity index (χ1) is 12.5. The first-order valence-electron chi connectivity index (χ1n) is 9.13. The third-order valence-electron chi connectivity index (χ3n) is 5.06. The summed E-state index contributed by atoms with van der Waals surface area (Å²) in [5.41, 5.74) is 1.18. The van der Waals surface area contributed by atoms with Crippen LogP contribution in [-0.4, -0.2) is 44.9 Å². The molecule has 1 aromatic carbocycles. The van der Waals surface area contributed by atoms with Crippen LogP contribution in [0.1, 0.15) is 31.2 Å². The van der Waals surface area contributed by atoms with Crippen molar-refractivity contribution in [3.63, 3.8) is 0 Å². The van der Waals surface area contributed by atoms with E-state index in [4.69, 9.17) is 0 Å². The van der Waals surface area contributed by atoms with E-state index in [2.05, 4.69) is 22.4 Å². The van der Waals surface area contributed by atoms with Gasteiger partial charge in [0.15, 0.2) is 0 Å². The predicted octanol–water partition coefficient (Wildman–Crippen LogP) is 1.93. The van der Waals surface area contributed by atoms with E-state index in [0.717, 1.165) is 31.6 Å². The van der Waals surface area contributed by atoms with Crippen LogP contribution in [0, 0.1) is 6.92 Å². The van der Waals surface area contributed by atoms with Gasteiger partial charge in [-0.1, -0.05) is 30.3 Å². The average Bonchev–Trinajstić information content (AvgIpc) is 3.01. The Morgan fingerprint density at radius 1 is 1.27 bits per heavy atom. The maximum absolute atomic E-state index is 12.5. The lowest BCUT2D eigenvalue weighted by atomic mass is 9.90. The Labute approximate surface area is 154 Å². The molecule has 1 fully saturated rings. The zero-order valence-corrected chi connectivity index (χ0v) is 15.4. The van der Waals surface area contributed by atoms with Gasteiger partial charge in [-0.2, -0.15) is 0 Å².